The van der Waals surface area contributed by atoms with Gasteiger partial charge in [-0.05, 0) is 44.4 Å². The van der Waals surface area contributed by atoms with Crippen LogP contribution in [-0.4, -0.2) is 37.4 Å². The summed E-state index contributed by atoms with van der Waals surface area (Å²) < 4.78 is 34.7. The summed E-state index contributed by atoms with van der Waals surface area (Å²) in [6.45, 7) is 5.36. The van der Waals surface area contributed by atoms with E-state index in [4.69, 9.17) is 4.74 Å². The number of ether oxygens (including phenoxy) is 1. The highest BCUT2D eigenvalue weighted by molar-refractivity contribution is 7.89. The van der Waals surface area contributed by atoms with Crippen LogP contribution in [0.5, 0.6) is 0 Å². The van der Waals surface area contributed by atoms with Gasteiger partial charge >= 0.3 is 0 Å². The van der Waals surface area contributed by atoms with E-state index < -0.39 is 15.4 Å². The Balaban J connectivity index is 1.63. The molecule has 2 heterocycles. The molecule has 34 heavy (non-hydrogen) atoms. The third-order valence-electron chi connectivity index (χ3n) is 7.28. The van der Waals surface area contributed by atoms with Gasteiger partial charge in [-0.2, -0.15) is 4.31 Å². The first-order chi connectivity index (χ1) is 16.1. The van der Waals surface area contributed by atoms with E-state index in [1.807, 2.05) is 37.3 Å². The van der Waals surface area contributed by atoms with Crippen LogP contribution < -0.4 is 0 Å². The number of aryl methyl sites for hydroxylation is 1. The van der Waals surface area contributed by atoms with E-state index in [0.717, 1.165) is 11.1 Å². The van der Waals surface area contributed by atoms with Crippen molar-refractivity contribution >= 4 is 21.6 Å². The Morgan fingerprint density at radius 3 is 2.41 bits per heavy atom. The van der Waals surface area contributed by atoms with Crippen LogP contribution in [0.4, 0.5) is 0 Å². The molecule has 3 aliphatic rings. The van der Waals surface area contributed by atoms with Crippen LogP contribution >= 0.6 is 0 Å². The number of benzene rings is 2. The fraction of sp³-hybridized carbons (Fsp3) is 0.333. The lowest BCUT2D eigenvalue weighted by Crippen LogP contribution is -2.40. The van der Waals surface area contributed by atoms with Gasteiger partial charge in [-0.15, -0.1) is 0 Å². The molecule has 1 saturated carbocycles. The zero-order valence-corrected chi connectivity index (χ0v) is 20.3. The fourth-order valence-electron chi connectivity index (χ4n) is 5.89. The van der Waals surface area contributed by atoms with Crippen LogP contribution in [0.25, 0.3) is 0 Å². The maximum absolute atomic E-state index is 13.6. The summed E-state index contributed by atoms with van der Waals surface area (Å²) in [4.78, 5) is 26.4. The van der Waals surface area contributed by atoms with Crippen LogP contribution in [0.2, 0.25) is 0 Å². The van der Waals surface area contributed by atoms with Gasteiger partial charge in [-0.3, -0.25) is 9.59 Å². The molecular formula is C27H27NO5S. The number of ketones is 2. The summed E-state index contributed by atoms with van der Waals surface area (Å²) >= 11 is 0. The van der Waals surface area contributed by atoms with Crippen molar-refractivity contribution in [2.45, 2.75) is 38.5 Å². The highest BCUT2D eigenvalue weighted by Crippen LogP contribution is 2.60. The van der Waals surface area contributed by atoms with Gasteiger partial charge in [0.25, 0.3) is 0 Å². The number of hydrogen-bond acceptors (Lipinski definition) is 5. The molecule has 176 valence electrons. The summed E-state index contributed by atoms with van der Waals surface area (Å²) in [6.07, 6.45) is 0.602. The third-order valence-corrected chi connectivity index (χ3v) is 9.10. The molecular weight excluding hydrogens is 450 g/mol. The van der Waals surface area contributed by atoms with Crippen LogP contribution in [0.3, 0.4) is 0 Å². The van der Waals surface area contributed by atoms with E-state index in [-0.39, 0.29) is 41.9 Å². The summed E-state index contributed by atoms with van der Waals surface area (Å²) in [6, 6.07) is 16.5. The summed E-state index contributed by atoms with van der Waals surface area (Å²) in [5.74, 6) is 0.420. The SMILES string of the molecule is CC(=O)C1=C(C)OC(Cc2ccccc2)=C2C(=O)C[C@H]3CN(S(=O)(=O)c4ccc(C)cc4)C[C@@]123. The fourth-order valence-corrected chi connectivity index (χ4v) is 7.42. The Morgan fingerprint density at radius 2 is 1.76 bits per heavy atom. The lowest BCUT2D eigenvalue weighted by Gasteiger charge is -2.37. The number of carbonyl (C=O) groups is 2. The van der Waals surface area contributed by atoms with Crippen LogP contribution in [0.15, 0.2) is 82.2 Å². The van der Waals surface area contributed by atoms with Crippen molar-refractivity contribution in [3.8, 4) is 0 Å². The number of allylic oxidation sites excluding steroid dienone is 2. The zero-order valence-electron chi connectivity index (χ0n) is 19.5. The van der Waals surface area contributed by atoms with Crippen molar-refractivity contribution in [1.82, 2.24) is 4.31 Å². The largest absolute Gasteiger partial charge is 0.465 e. The summed E-state index contributed by atoms with van der Waals surface area (Å²) in [5, 5.41) is 0. The van der Waals surface area contributed by atoms with Crippen molar-refractivity contribution in [2.75, 3.05) is 13.1 Å². The maximum Gasteiger partial charge on any atom is 0.243 e. The minimum atomic E-state index is -3.79. The Bertz CT molecular complexity index is 1360. The van der Waals surface area contributed by atoms with Crippen LogP contribution in [0, 0.1) is 18.3 Å². The normalized spacial score (nSPS) is 24.8. The quantitative estimate of drug-likeness (QED) is 0.651. The van der Waals surface area contributed by atoms with Crippen LogP contribution in [0.1, 0.15) is 31.4 Å². The number of nitrogens with zero attached hydrogens (tertiary/aromatic N) is 1. The number of rotatable bonds is 5. The molecule has 0 radical (unpaired) electrons. The smallest absolute Gasteiger partial charge is 0.243 e. The van der Waals surface area contributed by atoms with Gasteiger partial charge in [0.15, 0.2) is 11.6 Å². The third kappa shape index (κ3) is 3.37. The topological polar surface area (TPSA) is 80.8 Å². The van der Waals surface area contributed by atoms with Gasteiger partial charge in [-0.1, -0.05) is 48.0 Å². The van der Waals surface area contributed by atoms with E-state index >= 15 is 0 Å². The Kier molecular flexibility index (Phi) is 5.37. The Hall–Kier alpha value is -3.03. The molecule has 2 aromatic carbocycles. The Labute approximate surface area is 200 Å². The van der Waals surface area contributed by atoms with E-state index in [1.165, 1.54) is 11.2 Å². The van der Waals surface area contributed by atoms with Crippen molar-refractivity contribution < 1.29 is 22.7 Å². The monoisotopic (exact) mass is 477 g/mol. The second-order valence-electron chi connectivity index (χ2n) is 9.46. The molecule has 0 aromatic heterocycles. The molecule has 6 nitrogen and oxygen atoms in total. The number of sulfonamides is 1. The van der Waals surface area contributed by atoms with Crippen LogP contribution in [-0.2, 0) is 30.8 Å². The number of carbonyl (C=O) groups excluding carboxylic acids is 2. The lowest BCUT2D eigenvalue weighted by molar-refractivity contribution is -0.115. The summed E-state index contributed by atoms with van der Waals surface area (Å²) in [5.41, 5.74) is 1.87. The second-order valence-corrected chi connectivity index (χ2v) is 11.4. The molecule has 7 heteroatoms. The predicted molar refractivity (Wildman–Crippen MR) is 127 cm³/mol. The molecule has 1 spiro atoms. The average molecular weight is 478 g/mol. The van der Waals surface area contributed by atoms with Crippen molar-refractivity contribution in [1.29, 1.82) is 0 Å². The highest BCUT2D eigenvalue weighted by atomic mass is 32.2. The zero-order chi connectivity index (χ0) is 24.3. The van der Waals surface area contributed by atoms with E-state index in [0.29, 0.717) is 29.1 Å². The molecule has 1 saturated heterocycles. The molecule has 0 unspecified atom stereocenters. The van der Waals surface area contributed by atoms with Gasteiger partial charge < -0.3 is 4.74 Å². The Morgan fingerprint density at radius 1 is 1.09 bits per heavy atom. The number of Topliss-reactive ketones (excluding diaryl/α,β-unsaturated/α-hetero) is 2. The first-order valence-electron chi connectivity index (χ1n) is 11.4. The molecule has 0 amide bonds. The minimum Gasteiger partial charge on any atom is -0.465 e. The van der Waals surface area contributed by atoms with E-state index in [1.54, 1.807) is 31.2 Å². The molecule has 2 atom stereocenters. The van der Waals surface area contributed by atoms with Crippen molar-refractivity contribution in [3.05, 3.63) is 88.4 Å². The number of hydrogen-bond donors (Lipinski definition) is 0. The molecule has 2 aliphatic heterocycles. The van der Waals surface area contributed by atoms with E-state index in [9.17, 15) is 18.0 Å². The standard InChI is InChI=1S/C27H27NO5S/c1-17-9-11-22(12-10-17)34(31,32)28-15-21-14-23(30)26-24(13-20-7-5-4-6-8-20)33-19(3)25(18(2)29)27(21,26)16-28/h4-12,21H,13-16H2,1-3H3/t21-,27+/m0/s1. The highest BCUT2D eigenvalue weighted by Gasteiger charge is 2.64. The predicted octanol–water partition coefficient (Wildman–Crippen LogP) is 3.96. The lowest BCUT2D eigenvalue weighted by atomic mass is 9.68. The van der Waals surface area contributed by atoms with Gasteiger partial charge in [-0.25, -0.2) is 8.42 Å². The minimum absolute atomic E-state index is 0.0584. The molecule has 1 aliphatic carbocycles. The van der Waals surface area contributed by atoms with Gasteiger partial charge in [0.1, 0.15) is 11.5 Å². The average Bonchev–Trinajstić information content (AvgIpc) is 3.26. The van der Waals surface area contributed by atoms with Crippen molar-refractivity contribution in [2.24, 2.45) is 11.3 Å². The van der Waals surface area contributed by atoms with Crippen molar-refractivity contribution in [3.63, 3.8) is 0 Å². The molecule has 0 N–H and O–H groups in total. The first kappa shape index (κ1) is 22.7. The first-order valence-corrected chi connectivity index (χ1v) is 12.9. The summed E-state index contributed by atoms with van der Waals surface area (Å²) in [7, 11) is -3.79. The van der Waals surface area contributed by atoms with E-state index in [2.05, 4.69) is 0 Å². The molecule has 0 bridgehead atoms. The molecule has 2 aromatic rings. The molecule has 2 fully saturated rings. The van der Waals surface area contributed by atoms with Gasteiger partial charge in [0.2, 0.25) is 10.0 Å². The van der Waals surface area contributed by atoms with Gasteiger partial charge in [0, 0.05) is 37.1 Å². The molecule has 5 rings (SSSR count). The second kappa shape index (κ2) is 8.03. The maximum atomic E-state index is 13.6. The van der Waals surface area contributed by atoms with Gasteiger partial charge in [0.05, 0.1) is 10.3 Å².